The smallest absolute Gasteiger partial charge is 0.241 e. The molecule has 0 atom stereocenters. The average molecular weight is 193 g/mol. The number of hydrogen-bond donors (Lipinski definition) is 2. The van der Waals surface area contributed by atoms with Crippen LogP contribution in [-0.2, 0) is 4.79 Å². The summed E-state index contributed by atoms with van der Waals surface area (Å²) in [6, 6.07) is 1.67. The average Bonchev–Trinajstić information content (AvgIpc) is 2.16. The first-order chi connectivity index (χ1) is 6.63. The maximum atomic E-state index is 10.5. The number of ether oxygens (including phenoxy) is 1. The molecule has 0 saturated heterocycles. The van der Waals surface area contributed by atoms with Gasteiger partial charge in [-0.1, -0.05) is 0 Å². The van der Waals surface area contributed by atoms with Crippen LogP contribution in [0, 0.1) is 0 Å². The van der Waals surface area contributed by atoms with E-state index in [1.165, 1.54) is 25.5 Å². The van der Waals surface area contributed by atoms with Crippen LogP contribution in [0.15, 0.2) is 18.3 Å². The number of hydrogen-bond acceptors (Lipinski definition) is 4. The van der Waals surface area contributed by atoms with E-state index in [1.54, 1.807) is 6.07 Å². The van der Waals surface area contributed by atoms with Crippen molar-refractivity contribution in [3.05, 3.63) is 23.9 Å². The number of nitrogen functional groups attached to an aromatic ring is 1. The van der Waals surface area contributed by atoms with Gasteiger partial charge in [-0.2, -0.15) is 0 Å². The summed E-state index contributed by atoms with van der Waals surface area (Å²) in [5, 5.41) is 0. The second kappa shape index (κ2) is 4.27. The molecule has 0 aliphatic rings. The van der Waals surface area contributed by atoms with Crippen molar-refractivity contribution in [3.8, 4) is 5.75 Å². The number of primary amides is 1. The number of carbonyl (C=O) groups is 1. The van der Waals surface area contributed by atoms with Gasteiger partial charge in [0.15, 0.2) is 11.6 Å². The summed E-state index contributed by atoms with van der Waals surface area (Å²) in [7, 11) is 1.49. The van der Waals surface area contributed by atoms with Crippen molar-refractivity contribution in [3.63, 3.8) is 0 Å². The van der Waals surface area contributed by atoms with Crippen molar-refractivity contribution in [2.75, 3.05) is 12.8 Å². The van der Waals surface area contributed by atoms with Crippen LogP contribution in [0.2, 0.25) is 0 Å². The number of methoxy groups -OCH3 is 1. The van der Waals surface area contributed by atoms with Gasteiger partial charge in [0.1, 0.15) is 0 Å². The molecule has 1 amide bonds. The number of amides is 1. The molecule has 0 saturated carbocycles. The standard InChI is InChI=1S/C9H11N3O2/c1-14-7-4-6(2-3-8(10)13)5-12-9(7)11/h2-5H,1H3,(H2,10,13)(H2,11,12). The third-order valence-electron chi connectivity index (χ3n) is 1.56. The van der Waals surface area contributed by atoms with E-state index in [4.69, 9.17) is 16.2 Å². The van der Waals surface area contributed by atoms with E-state index in [-0.39, 0.29) is 0 Å². The number of pyridine rings is 1. The predicted octanol–water partition coefficient (Wildman–Crippen LogP) is 0.171. The number of aromatic nitrogens is 1. The lowest BCUT2D eigenvalue weighted by Gasteiger charge is -2.03. The molecule has 14 heavy (non-hydrogen) atoms. The highest BCUT2D eigenvalue weighted by Crippen LogP contribution is 2.19. The summed E-state index contributed by atoms with van der Waals surface area (Å²) in [5.41, 5.74) is 11.1. The Balaban J connectivity index is 2.95. The maximum absolute atomic E-state index is 10.5. The van der Waals surface area contributed by atoms with E-state index in [9.17, 15) is 4.79 Å². The van der Waals surface area contributed by atoms with Crippen LogP contribution in [0.4, 0.5) is 5.82 Å². The molecular formula is C9H11N3O2. The van der Waals surface area contributed by atoms with E-state index in [0.717, 1.165) is 0 Å². The predicted molar refractivity (Wildman–Crippen MR) is 53.4 cm³/mol. The molecule has 0 aliphatic heterocycles. The number of rotatable bonds is 3. The van der Waals surface area contributed by atoms with Gasteiger partial charge in [0.25, 0.3) is 0 Å². The van der Waals surface area contributed by atoms with Crippen LogP contribution < -0.4 is 16.2 Å². The monoisotopic (exact) mass is 193 g/mol. The molecule has 0 spiro atoms. The number of nitrogens with two attached hydrogens (primary N) is 2. The van der Waals surface area contributed by atoms with Crippen LogP contribution in [0.5, 0.6) is 5.75 Å². The van der Waals surface area contributed by atoms with Crippen molar-refractivity contribution in [2.24, 2.45) is 5.73 Å². The van der Waals surface area contributed by atoms with Gasteiger partial charge in [0, 0.05) is 12.3 Å². The van der Waals surface area contributed by atoms with E-state index < -0.39 is 5.91 Å². The highest BCUT2D eigenvalue weighted by atomic mass is 16.5. The number of anilines is 1. The Bertz CT molecular complexity index is 374. The highest BCUT2D eigenvalue weighted by Gasteiger charge is 1.99. The minimum absolute atomic E-state index is 0.309. The quantitative estimate of drug-likeness (QED) is 0.669. The molecule has 1 rings (SSSR count). The van der Waals surface area contributed by atoms with Crippen molar-refractivity contribution < 1.29 is 9.53 Å². The van der Waals surface area contributed by atoms with Crippen LogP contribution in [0.1, 0.15) is 5.56 Å². The van der Waals surface area contributed by atoms with Crippen molar-refractivity contribution >= 4 is 17.8 Å². The lowest BCUT2D eigenvalue weighted by molar-refractivity contribution is -0.113. The lowest BCUT2D eigenvalue weighted by atomic mass is 10.2. The Labute approximate surface area is 81.4 Å². The molecule has 1 heterocycles. The van der Waals surface area contributed by atoms with E-state index >= 15 is 0 Å². The molecule has 1 aromatic rings. The Morgan fingerprint density at radius 1 is 1.64 bits per heavy atom. The molecule has 5 nitrogen and oxygen atoms in total. The number of carbonyl (C=O) groups excluding carboxylic acids is 1. The molecule has 0 unspecified atom stereocenters. The first-order valence-corrected chi connectivity index (χ1v) is 3.90. The van der Waals surface area contributed by atoms with Gasteiger partial charge in [-0.3, -0.25) is 4.79 Å². The van der Waals surface area contributed by atoms with Crippen LogP contribution in [0.3, 0.4) is 0 Å². The van der Waals surface area contributed by atoms with E-state index in [2.05, 4.69) is 4.98 Å². The Hall–Kier alpha value is -2.04. The summed E-state index contributed by atoms with van der Waals surface area (Å²) in [6.45, 7) is 0. The summed E-state index contributed by atoms with van der Waals surface area (Å²) in [5.74, 6) is 0.265. The second-order valence-electron chi connectivity index (χ2n) is 2.59. The van der Waals surface area contributed by atoms with Crippen molar-refractivity contribution in [1.29, 1.82) is 0 Å². The summed E-state index contributed by atoms with van der Waals surface area (Å²) >= 11 is 0. The first kappa shape index (κ1) is 10.0. The van der Waals surface area contributed by atoms with Crippen LogP contribution >= 0.6 is 0 Å². The zero-order valence-corrected chi connectivity index (χ0v) is 7.73. The molecule has 0 aromatic carbocycles. The fraction of sp³-hybridized carbons (Fsp3) is 0.111. The van der Waals surface area contributed by atoms with Crippen molar-refractivity contribution in [1.82, 2.24) is 4.98 Å². The van der Waals surface area contributed by atoms with Gasteiger partial charge in [-0.05, 0) is 17.7 Å². The third-order valence-corrected chi connectivity index (χ3v) is 1.56. The lowest BCUT2D eigenvalue weighted by Crippen LogP contribution is -2.05. The molecule has 1 aromatic heterocycles. The second-order valence-corrected chi connectivity index (χ2v) is 2.59. The topological polar surface area (TPSA) is 91.2 Å². The first-order valence-electron chi connectivity index (χ1n) is 3.90. The molecule has 0 fully saturated rings. The molecule has 0 bridgehead atoms. The fourth-order valence-electron chi connectivity index (χ4n) is 0.903. The Kier molecular flexibility index (Phi) is 3.06. The molecule has 74 valence electrons. The largest absolute Gasteiger partial charge is 0.493 e. The maximum Gasteiger partial charge on any atom is 0.241 e. The molecule has 0 aliphatic carbocycles. The summed E-state index contributed by atoms with van der Waals surface area (Å²) < 4.78 is 4.95. The minimum Gasteiger partial charge on any atom is -0.493 e. The summed E-state index contributed by atoms with van der Waals surface area (Å²) in [4.78, 5) is 14.3. The molecule has 0 radical (unpaired) electrons. The Morgan fingerprint density at radius 3 is 2.93 bits per heavy atom. The highest BCUT2D eigenvalue weighted by molar-refractivity contribution is 5.90. The van der Waals surface area contributed by atoms with Gasteiger partial charge in [-0.15, -0.1) is 0 Å². The zero-order valence-electron chi connectivity index (χ0n) is 7.73. The minimum atomic E-state index is -0.513. The molecular weight excluding hydrogens is 182 g/mol. The van der Waals surface area contributed by atoms with Gasteiger partial charge in [0.2, 0.25) is 5.91 Å². The van der Waals surface area contributed by atoms with Crippen molar-refractivity contribution in [2.45, 2.75) is 0 Å². The van der Waals surface area contributed by atoms with Gasteiger partial charge in [0.05, 0.1) is 7.11 Å². The zero-order chi connectivity index (χ0) is 10.6. The Morgan fingerprint density at radius 2 is 2.36 bits per heavy atom. The van der Waals surface area contributed by atoms with E-state index in [1.807, 2.05) is 0 Å². The van der Waals surface area contributed by atoms with Crippen LogP contribution in [-0.4, -0.2) is 18.0 Å². The normalized spacial score (nSPS) is 10.4. The van der Waals surface area contributed by atoms with Crippen LogP contribution in [0.25, 0.3) is 6.08 Å². The van der Waals surface area contributed by atoms with Gasteiger partial charge >= 0.3 is 0 Å². The fourth-order valence-corrected chi connectivity index (χ4v) is 0.903. The molecule has 5 heteroatoms. The van der Waals surface area contributed by atoms with Gasteiger partial charge in [-0.25, -0.2) is 4.98 Å². The van der Waals surface area contributed by atoms with Gasteiger partial charge < -0.3 is 16.2 Å². The summed E-state index contributed by atoms with van der Waals surface area (Å²) in [6.07, 6.45) is 4.31. The third kappa shape index (κ3) is 2.48. The van der Waals surface area contributed by atoms with E-state index in [0.29, 0.717) is 17.1 Å². The molecule has 4 N–H and O–H groups in total. The SMILES string of the molecule is COc1cc(C=CC(N)=O)cnc1N. The number of nitrogens with zero attached hydrogens (tertiary/aromatic N) is 1.